The van der Waals surface area contributed by atoms with Crippen molar-refractivity contribution in [2.24, 2.45) is 0 Å². The summed E-state index contributed by atoms with van der Waals surface area (Å²) in [4.78, 5) is 32.4. The van der Waals surface area contributed by atoms with E-state index in [1.807, 2.05) is 49.6 Å². The first-order valence-corrected chi connectivity index (χ1v) is 9.52. The smallest absolute Gasteiger partial charge is 0.276 e. The molecule has 0 radical (unpaired) electrons. The number of aromatic nitrogens is 2. The Kier molecular flexibility index (Phi) is 6.33. The molecule has 0 bridgehead atoms. The molecule has 0 saturated heterocycles. The van der Waals surface area contributed by atoms with E-state index in [-0.39, 0.29) is 18.9 Å². The highest BCUT2D eigenvalue weighted by Gasteiger charge is 2.11. The van der Waals surface area contributed by atoms with Crippen LogP contribution in [-0.4, -0.2) is 28.4 Å². The third-order valence-corrected chi connectivity index (χ3v) is 4.79. The van der Waals surface area contributed by atoms with Crippen molar-refractivity contribution in [3.05, 3.63) is 64.9 Å². The van der Waals surface area contributed by atoms with Gasteiger partial charge in [-0.25, -0.2) is 4.98 Å². The van der Waals surface area contributed by atoms with E-state index in [2.05, 4.69) is 20.8 Å². The van der Waals surface area contributed by atoms with Gasteiger partial charge >= 0.3 is 0 Å². The lowest BCUT2D eigenvalue weighted by Crippen LogP contribution is -2.44. The predicted molar refractivity (Wildman–Crippen MR) is 107 cm³/mol. The molecule has 28 heavy (non-hydrogen) atoms. The van der Waals surface area contributed by atoms with Crippen LogP contribution in [0.15, 0.2) is 48.1 Å². The summed E-state index contributed by atoms with van der Waals surface area (Å²) in [6, 6.07) is 9.51. The molecule has 0 aliphatic rings. The van der Waals surface area contributed by atoms with Gasteiger partial charge in [0.25, 0.3) is 5.91 Å². The van der Waals surface area contributed by atoms with Crippen LogP contribution >= 0.6 is 11.3 Å². The Balaban J connectivity index is 1.45. The van der Waals surface area contributed by atoms with Gasteiger partial charge in [-0.3, -0.25) is 25.4 Å². The molecule has 0 saturated carbocycles. The van der Waals surface area contributed by atoms with Crippen molar-refractivity contribution in [2.45, 2.75) is 20.3 Å². The van der Waals surface area contributed by atoms with Crippen molar-refractivity contribution in [1.29, 1.82) is 0 Å². The Bertz CT molecular complexity index is 973. The highest BCUT2D eigenvalue weighted by molar-refractivity contribution is 7.13. The normalized spacial score (nSPS) is 10.4. The molecule has 0 spiro atoms. The number of aryl methyl sites for hydroxylation is 2. The summed E-state index contributed by atoms with van der Waals surface area (Å²) in [5.41, 5.74) is 8.23. The molecule has 7 nitrogen and oxygen atoms in total. The maximum atomic E-state index is 12.0. The zero-order valence-corrected chi connectivity index (χ0v) is 16.4. The van der Waals surface area contributed by atoms with Crippen LogP contribution in [0.2, 0.25) is 0 Å². The van der Waals surface area contributed by atoms with Crippen LogP contribution in [0.5, 0.6) is 5.75 Å². The van der Waals surface area contributed by atoms with Gasteiger partial charge < -0.3 is 4.74 Å². The van der Waals surface area contributed by atoms with Crippen LogP contribution in [0.25, 0.3) is 10.6 Å². The van der Waals surface area contributed by atoms with Crippen molar-refractivity contribution >= 4 is 23.2 Å². The van der Waals surface area contributed by atoms with Crippen molar-refractivity contribution in [3.8, 4) is 16.3 Å². The molecule has 3 aromatic rings. The van der Waals surface area contributed by atoms with Crippen molar-refractivity contribution < 1.29 is 14.3 Å². The Morgan fingerprint density at radius 2 is 1.96 bits per heavy atom. The summed E-state index contributed by atoms with van der Waals surface area (Å²) in [6.45, 7) is 3.67. The monoisotopic (exact) mass is 396 g/mol. The van der Waals surface area contributed by atoms with E-state index < -0.39 is 5.91 Å². The van der Waals surface area contributed by atoms with E-state index in [4.69, 9.17) is 4.74 Å². The largest absolute Gasteiger partial charge is 0.483 e. The molecule has 144 valence electrons. The molecule has 1 aromatic carbocycles. The van der Waals surface area contributed by atoms with Crippen LogP contribution in [-0.2, 0) is 16.0 Å². The van der Waals surface area contributed by atoms with E-state index in [0.717, 1.165) is 21.7 Å². The standard InChI is InChI=1S/C20H20N4O3S/c1-13-5-6-14(2)17(8-13)27-11-19(26)24-23-18(25)9-16-12-28-20(22-16)15-4-3-7-21-10-15/h3-8,10,12H,9,11H2,1-2H3,(H,23,25)(H,24,26). The van der Waals surface area contributed by atoms with Gasteiger partial charge in [-0.15, -0.1) is 11.3 Å². The molecule has 2 N–H and O–H groups in total. The average molecular weight is 396 g/mol. The van der Waals surface area contributed by atoms with Crippen LogP contribution < -0.4 is 15.6 Å². The summed E-state index contributed by atoms with van der Waals surface area (Å²) >= 11 is 1.44. The minimum Gasteiger partial charge on any atom is -0.483 e. The summed E-state index contributed by atoms with van der Waals surface area (Å²) in [7, 11) is 0. The molecule has 2 amide bonds. The average Bonchev–Trinajstić information content (AvgIpc) is 3.16. The quantitative estimate of drug-likeness (QED) is 0.625. The van der Waals surface area contributed by atoms with Gasteiger partial charge in [-0.05, 0) is 43.2 Å². The molecule has 8 heteroatoms. The molecule has 0 aliphatic carbocycles. The number of hydrazine groups is 1. The molecular weight excluding hydrogens is 376 g/mol. The molecule has 3 rings (SSSR count). The number of amides is 2. The van der Waals surface area contributed by atoms with Crippen LogP contribution in [0.3, 0.4) is 0 Å². The SMILES string of the molecule is Cc1ccc(C)c(OCC(=O)NNC(=O)Cc2csc(-c3cccnc3)n2)c1. The molecule has 2 aromatic heterocycles. The van der Waals surface area contributed by atoms with Gasteiger partial charge in [0.15, 0.2) is 6.61 Å². The van der Waals surface area contributed by atoms with Crippen molar-refractivity contribution in [2.75, 3.05) is 6.61 Å². The van der Waals surface area contributed by atoms with Crippen molar-refractivity contribution in [1.82, 2.24) is 20.8 Å². The number of hydrogen-bond acceptors (Lipinski definition) is 6. The molecule has 0 aliphatic heterocycles. The van der Waals surface area contributed by atoms with Crippen molar-refractivity contribution in [3.63, 3.8) is 0 Å². The third-order valence-electron chi connectivity index (χ3n) is 3.85. The van der Waals surface area contributed by atoms with Gasteiger partial charge in [-0.2, -0.15) is 0 Å². The van der Waals surface area contributed by atoms with E-state index in [9.17, 15) is 9.59 Å². The lowest BCUT2D eigenvalue weighted by molar-refractivity contribution is -0.129. The Morgan fingerprint density at radius 1 is 1.14 bits per heavy atom. The zero-order chi connectivity index (χ0) is 19.9. The topological polar surface area (TPSA) is 93.2 Å². The Hall–Kier alpha value is -3.26. The number of rotatable bonds is 6. The van der Waals surface area contributed by atoms with Gasteiger partial charge in [0.1, 0.15) is 10.8 Å². The van der Waals surface area contributed by atoms with E-state index in [1.54, 1.807) is 12.4 Å². The maximum Gasteiger partial charge on any atom is 0.276 e. The lowest BCUT2D eigenvalue weighted by atomic mass is 10.1. The number of carbonyl (C=O) groups is 2. The first-order valence-electron chi connectivity index (χ1n) is 8.64. The Morgan fingerprint density at radius 3 is 2.75 bits per heavy atom. The number of carbonyl (C=O) groups excluding carboxylic acids is 2. The van der Waals surface area contributed by atoms with E-state index in [0.29, 0.717) is 11.4 Å². The molecule has 0 unspecified atom stereocenters. The fraction of sp³-hybridized carbons (Fsp3) is 0.200. The number of hydrogen-bond donors (Lipinski definition) is 2. The predicted octanol–water partition coefficient (Wildman–Crippen LogP) is 2.59. The van der Waals surface area contributed by atoms with E-state index in [1.165, 1.54) is 11.3 Å². The molecule has 0 atom stereocenters. The van der Waals surface area contributed by atoms with Crippen LogP contribution in [0, 0.1) is 13.8 Å². The number of benzene rings is 1. The number of nitrogens with one attached hydrogen (secondary N) is 2. The zero-order valence-electron chi connectivity index (χ0n) is 15.6. The van der Waals surface area contributed by atoms with Gasteiger partial charge in [-0.1, -0.05) is 12.1 Å². The molecule has 2 heterocycles. The first kappa shape index (κ1) is 19.5. The van der Waals surface area contributed by atoms with E-state index >= 15 is 0 Å². The van der Waals surface area contributed by atoms with Crippen LogP contribution in [0.1, 0.15) is 16.8 Å². The molecular formula is C20H20N4O3S. The Labute approximate surface area is 166 Å². The highest BCUT2D eigenvalue weighted by Crippen LogP contribution is 2.22. The first-order chi connectivity index (χ1) is 13.5. The van der Waals surface area contributed by atoms with Gasteiger partial charge in [0, 0.05) is 23.3 Å². The third kappa shape index (κ3) is 5.37. The molecule has 0 fully saturated rings. The number of pyridine rings is 1. The second-order valence-electron chi connectivity index (χ2n) is 6.22. The minimum atomic E-state index is -0.441. The van der Waals surface area contributed by atoms with Crippen LogP contribution in [0.4, 0.5) is 0 Å². The fourth-order valence-corrected chi connectivity index (χ4v) is 3.21. The maximum absolute atomic E-state index is 12.0. The number of nitrogens with zero attached hydrogens (tertiary/aromatic N) is 2. The summed E-state index contributed by atoms with van der Waals surface area (Å²) < 4.78 is 5.50. The number of thiazole rings is 1. The van der Waals surface area contributed by atoms with Gasteiger partial charge in [0.05, 0.1) is 12.1 Å². The minimum absolute atomic E-state index is 0.0644. The highest BCUT2D eigenvalue weighted by atomic mass is 32.1. The van der Waals surface area contributed by atoms with Gasteiger partial charge in [0.2, 0.25) is 5.91 Å². The second kappa shape index (κ2) is 9.09. The summed E-state index contributed by atoms with van der Waals surface area (Å²) in [5.74, 6) is -0.154. The number of ether oxygens (including phenoxy) is 1. The lowest BCUT2D eigenvalue weighted by Gasteiger charge is -2.10. The second-order valence-corrected chi connectivity index (χ2v) is 7.07. The summed E-state index contributed by atoms with van der Waals surface area (Å²) in [5, 5.41) is 2.61. The summed E-state index contributed by atoms with van der Waals surface area (Å²) in [6.07, 6.45) is 3.48. The fourth-order valence-electron chi connectivity index (χ4n) is 2.40.